The third-order valence-electron chi connectivity index (χ3n) is 4.27. The van der Waals surface area contributed by atoms with Gasteiger partial charge in [0.05, 0.1) is 22.7 Å². The summed E-state index contributed by atoms with van der Waals surface area (Å²) < 4.78 is 0. The second-order valence-electron chi connectivity index (χ2n) is 5.88. The molecule has 1 atom stereocenters. The van der Waals surface area contributed by atoms with E-state index < -0.39 is 0 Å². The molecular formula is C16H23N7. The summed E-state index contributed by atoms with van der Waals surface area (Å²) in [6.07, 6.45) is 6.62. The van der Waals surface area contributed by atoms with Gasteiger partial charge in [-0.05, 0) is 31.9 Å². The molecule has 3 heterocycles. The van der Waals surface area contributed by atoms with Crippen molar-refractivity contribution in [2.24, 2.45) is 5.84 Å². The van der Waals surface area contributed by atoms with Gasteiger partial charge >= 0.3 is 0 Å². The zero-order valence-electron chi connectivity index (χ0n) is 13.4. The van der Waals surface area contributed by atoms with E-state index in [0.717, 1.165) is 55.6 Å². The zero-order chi connectivity index (χ0) is 16.2. The van der Waals surface area contributed by atoms with Crippen LogP contribution in [0.1, 0.15) is 31.7 Å². The molecule has 4 N–H and O–H groups in total. The van der Waals surface area contributed by atoms with Gasteiger partial charge in [-0.1, -0.05) is 6.92 Å². The van der Waals surface area contributed by atoms with Gasteiger partial charge < -0.3 is 10.3 Å². The normalized spacial score (nSPS) is 18.3. The van der Waals surface area contributed by atoms with E-state index in [-0.39, 0.29) is 6.04 Å². The molecule has 2 aromatic rings. The molecule has 7 nitrogen and oxygen atoms in total. The quantitative estimate of drug-likeness (QED) is 0.571. The van der Waals surface area contributed by atoms with Crippen molar-refractivity contribution in [2.45, 2.75) is 32.2 Å². The molecule has 1 fully saturated rings. The number of nitriles is 1. The van der Waals surface area contributed by atoms with Gasteiger partial charge in [0.2, 0.25) is 0 Å². The molecule has 0 spiro atoms. The molecule has 1 aliphatic heterocycles. The lowest BCUT2D eigenvalue weighted by Crippen LogP contribution is -2.57. The van der Waals surface area contributed by atoms with Crippen molar-refractivity contribution in [3.05, 3.63) is 24.0 Å². The number of nitrogens with one attached hydrogen (secondary N) is 2. The van der Waals surface area contributed by atoms with E-state index in [4.69, 9.17) is 5.84 Å². The van der Waals surface area contributed by atoms with Crippen LogP contribution in [-0.2, 0) is 0 Å². The van der Waals surface area contributed by atoms with Gasteiger partial charge in [-0.2, -0.15) is 10.4 Å². The number of H-pyrrole nitrogens is 1. The van der Waals surface area contributed by atoms with Gasteiger partial charge in [0, 0.05) is 25.5 Å². The maximum atomic E-state index is 9.41. The summed E-state index contributed by atoms with van der Waals surface area (Å²) in [5, 5.41) is 17.6. The van der Waals surface area contributed by atoms with E-state index in [1.165, 1.54) is 0 Å². The lowest BCUT2D eigenvalue weighted by molar-refractivity contribution is 0.212. The fourth-order valence-electron chi connectivity index (χ4n) is 3.24. The van der Waals surface area contributed by atoms with Crippen LogP contribution < -0.4 is 16.2 Å². The number of rotatable bonds is 5. The Morgan fingerprint density at radius 3 is 3.09 bits per heavy atom. The van der Waals surface area contributed by atoms with Crippen molar-refractivity contribution in [1.29, 1.82) is 5.26 Å². The number of pyridine rings is 1. The Kier molecular flexibility index (Phi) is 4.76. The van der Waals surface area contributed by atoms with Crippen LogP contribution in [0, 0.1) is 11.3 Å². The molecule has 1 saturated heterocycles. The Balaban J connectivity index is 2.08. The van der Waals surface area contributed by atoms with Crippen molar-refractivity contribution in [3.63, 3.8) is 0 Å². The average Bonchev–Trinajstić information content (AvgIpc) is 3.00. The number of nitrogens with two attached hydrogens (primary N) is 1. The topological polar surface area (TPSA) is 97.0 Å². The highest BCUT2D eigenvalue weighted by Crippen LogP contribution is 2.31. The van der Waals surface area contributed by atoms with Gasteiger partial charge in [-0.3, -0.25) is 10.9 Å². The first-order valence-electron chi connectivity index (χ1n) is 8.14. The average molecular weight is 313 g/mol. The molecule has 0 bridgehead atoms. The molecule has 0 aromatic carbocycles. The first-order chi connectivity index (χ1) is 11.3. The second kappa shape index (κ2) is 6.96. The number of fused-ring (bicyclic) bond motifs is 1. The highest BCUT2D eigenvalue weighted by molar-refractivity contribution is 5.94. The lowest BCUT2D eigenvalue weighted by atomic mass is 10.1. The van der Waals surface area contributed by atoms with Crippen molar-refractivity contribution in [1.82, 2.24) is 20.4 Å². The van der Waals surface area contributed by atoms with E-state index in [1.807, 2.05) is 6.07 Å². The highest BCUT2D eigenvalue weighted by Gasteiger charge is 2.27. The van der Waals surface area contributed by atoms with Crippen LogP contribution in [0.25, 0.3) is 11.0 Å². The minimum Gasteiger partial charge on any atom is -0.345 e. The maximum Gasteiger partial charge on any atom is 0.140 e. The minimum absolute atomic E-state index is 0.271. The van der Waals surface area contributed by atoms with Gasteiger partial charge in [0.15, 0.2) is 0 Å². The monoisotopic (exact) mass is 313 g/mol. The van der Waals surface area contributed by atoms with E-state index in [2.05, 4.69) is 33.3 Å². The van der Waals surface area contributed by atoms with Crippen molar-refractivity contribution in [3.8, 4) is 6.07 Å². The molecule has 0 amide bonds. The van der Waals surface area contributed by atoms with E-state index in [0.29, 0.717) is 5.56 Å². The molecule has 3 rings (SSSR count). The first-order valence-corrected chi connectivity index (χ1v) is 8.14. The first kappa shape index (κ1) is 15.7. The molecule has 1 aliphatic rings. The molecule has 122 valence electrons. The van der Waals surface area contributed by atoms with Crippen molar-refractivity contribution in [2.75, 3.05) is 24.6 Å². The Hall–Kier alpha value is -2.14. The number of aromatic nitrogens is 2. The second-order valence-corrected chi connectivity index (χ2v) is 5.88. The Morgan fingerprint density at radius 2 is 2.39 bits per heavy atom. The van der Waals surface area contributed by atoms with E-state index >= 15 is 0 Å². The van der Waals surface area contributed by atoms with Crippen molar-refractivity contribution < 1.29 is 0 Å². The predicted octanol–water partition coefficient (Wildman–Crippen LogP) is 1.49. The minimum atomic E-state index is 0.271. The summed E-state index contributed by atoms with van der Waals surface area (Å²) in [5.74, 6) is 6.36. The number of hydrazine groups is 2. The van der Waals surface area contributed by atoms with E-state index in [9.17, 15) is 5.26 Å². The number of piperidine rings is 1. The SMILES string of the molecule is CCCN(N)N(c1ccnc2[nH]cc(C#N)c12)[C@@H]1CCCNC1. The molecule has 0 aliphatic carbocycles. The molecule has 0 unspecified atom stereocenters. The Labute approximate surface area is 136 Å². The summed E-state index contributed by atoms with van der Waals surface area (Å²) in [5.41, 5.74) is 2.26. The third-order valence-corrected chi connectivity index (χ3v) is 4.27. The molecule has 23 heavy (non-hydrogen) atoms. The third kappa shape index (κ3) is 3.01. The molecule has 0 radical (unpaired) electrons. The fourth-order valence-corrected chi connectivity index (χ4v) is 3.24. The van der Waals surface area contributed by atoms with Crippen LogP contribution >= 0.6 is 0 Å². The molecule has 7 heteroatoms. The number of nitrogens with zero attached hydrogens (tertiary/aromatic N) is 4. The Bertz CT molecular complexity index is 696. The summed E-state index contributed by atoms with van der Waals surface area (Å²) in [6.45, 7) is 4.79. The Morgan fingerprint density at radius 1 is 1.52 bits per heavy atom. The zero-order valence-corrected chi connectivity index (χ0v) is 13.4. The number of hydrogen-bond acceptors (Lipinski definition) is 6. The summed E-state index contributed by atoms with van der Waals surface area (Å²) in [7, 11) is 0. The highest BCUT2D eigenvalue weighted by atomic mass is 15.8. The summed E-state index contributed by atoms with van der Waals surface area (Å²) in [6, 6.07) is 4.46. The van der Waals surface area contributed by atoms with Gasteiger partial charge in [0.25, 0.3) is 0 Å². The maximum absolute atomic E-state index is 9.41. The number of aromatic amines is 1. The van der Waals surface area contributed by atoms with Crippen LogP contribution in [0.4, 0.5) is 5.69 Å². The van der Waals surface area contributed by atoms with Crippen LogP contribution in [0.2, 0.25) is 0 Å². The van der Waals surface area contributed by atoms with Crippen LogP contribution in [-0.4, -0.2) is 40.8 Å². The van der Waals surface area contributed by atoms with Gasteiger partial charge in [-0.25, -0.2) is 4.98 Å². The number of anilines is 1. The molecular weight excluding hydrogens is 290 g/mol. The van der Waals surface area contributed by atoms with Crippen LogP contribution in [0.5, 0.6) is 0 Å². The fraction of sp³-hybridized carbons (Fsp3) is 0.500. The van der Waals surface area contributed by atoms with Gasteiger partial charge in [-0.15, -0.1) is 0 Å². The molecule has 0 saturated carbocycles. The lowest BCUT2D eigenvalue weighted by Gasteiger charge is -2.41. The summed E-state index contributed by atoms with van der Waals surface area (Å²) >= 11 is 0. The number of hydrogen-bond donors (Lipinski definition) is 3. The van der Waals surface area contributed by atoms with Crippen molar-refractivity contribution >= 4 is 16.7 Å². The summed E-state index contributed by atoms with van der Waals surface area (Å²) in [4.78, 5) is 7.41. The van der Waals surface area contributed by atoms with E-state index in [1.54, 1.807) is 17.5 Å². The van der Waals surface area contributed by atoms with Crippen LogP contribution in [0.15, 0.2) is 18.5 Å². The van der Waals surface area contributed by atoms with Gasteiger partial charge in [0.1, 0.15) is 11.7 Å². The predicted molar refractivity (Wildman–Crippen MR) is 90.4 cm³/mol. The largest absolute Gasteiger partial charge is 0.345 e. The molecule has 2 aromatic heterocycles. The smallest absolute Gasteiger partial charge is 0.140 e. The standard InChI is InChI=1S/C16H23N7/c1-2-8-22(18)23(13-4-3-6-19-11-13)14-5-7-20-16-15(14)12(9-17)10-21-16/h5,7,10,13,19H,2-4,6,8,11,18H2,1H3,(H,20,21)/t13-/m1/s1. The van der Waals surface area contributed by atoms with Crippen LogP contribution in [0.3, 0.4) is 0 Å².